The Hall–Kier alpha value is -2.43. The van der Waals surface area contributed by atoms with E-state index in [2.05, 4.69) is 29.3 Å². The van der Waals surface area contributed by atoms with Gasteiger partial charge in [-0.15, -0.1) is 0 Å². The van der Waals surface area contributed by atoms with E-state index in [1.165, 1.54) is 6.07 Å². The molecule has 0 heterocycles. The van der Waals surface area contributed by atoms with Crippen molar-refractivity contribution in [1.29, 1.82) is 0 Å². The van der Waals surface area contributed by atoms with Crippen molar-refractivity contribution < 1.29 is 9.18 Å². The Morgan fingerprint density at radius 1 is 1.33 bits per heavy atom. The molecule has 1 aromatic rings. The number of allylic oxidation sites excluding steroid dienone is 1. The van der Waals surface area contributed by atoms with Crippen LogP contribution in [-0.4, -0.2) is 18.2 Å². The van der Waals surface area contributed by atoms with Crippen LogP contribution in [0.25, 0.3) is 0 Å². The molecule has 0 radical (unpaired) electrons. The van der Waals surface area contributed by atoms with Gasteiger partial charge in [0.1, 0.15) is 11.6 Å². The highest BCUT2D eigenvalue weighted by atomic mass is 19.1. The molecule has 1 fully saturated rings. The molecular formula is C22H30FN3O. The van der Waals surface area contributed by atoms with E-state index in [9.17, 15) is 9.18 Å². The number of hydrogen-bond donors (Lipinski definition) is 2. The van der Waals surface area contributed by atoms with Gasteiger partial charge in [-0.2, -0.15) is 0 Å². The van der Waals surface area contributed by atoms with Gasteiger partial charge in [-0.1, -0.05) is 24.6 Å². The molecule has 1 aliphatic carbocycles. The Morgan fingerprint density at radius 3 is 2.48 bits per heavy atom. The lowest BCUT2D eigenvalue weighted by molar-refractivity contribution is -0.117. The summed E-state index contributed by atoms with van der Waals surface area (Å²) in [6, 6.07) is 4.92. The molecule has 0 bridgehead atoms. The summed E-state index contributed by atoms with van der Waals surface area (Å²) in [4.78, 5) is 17.1. The summed E-state index contributed by atoms with van der Waals surface area (Å²) in [6.07, 6.45) is 2.79. The number of aryl methyl sites for hydroxylation is 1. The van der Waals surface area contributed by atoms with Crippen molar-refractivity contribution in [2.24, 2.45) is 4.99 Å². The Morgan fingerprint density at radius 2 is 2.00 bits per heavy atom. The van der Waals surface area contributed by atoms with E-state index in [0.29, 0.717) is 23.4 Å². The average molecular weight is 372 g/mol. The Bertz CT molecular complexity index is 780. The van der Waals surface area contributed by atoms with Crippen molar-refractivity contribution in [2.45, 2.75) is 66.0 Å². The lowest BCUT2D eigenvalue weighted by Gasteiger charge is -2.20. The van der Waals surface area contributed by atoms with Crippen molar-refractivity contribution >= 4 is 12.6 Å². The highest BCUT2D eigenvalue weighted by molar-refractivity contribution is 5.98. The molecule has 5 heteroatoms. The van der Waals surface area contributed by atoms with Gasteiger partial charge in [0.15, 0.2) is 0 Å². The van der Waals surface area contributed by atoms with Crippen LogP contribution in [0.5, 0.6) is 0 Å². The van der Waals surface area contributed by atoms with Crippen molar-refractivity contribution in [3.8, 4) is 0 Å². The van der Waals surface area contributed by atoms with E-state index in [1.807, 2.05) is 33.8 Å². The first-order chi connectivity index (χ1) is 12.7. The number of halogens is 1. The van der Waals surface area contributed by atoms with Gasteiger partial charge in [0, 0.05) is 28.8 Å². The molecule has 0 aromatic heterocycles. The quantitative estimate of drug-likeness (QED) is 0.400. The number of hydrogen-bond acceptors (Lipinski definition) is 3. The average Bonchev–Trinajstić information content (AvgIpc) is 3.34. The van der Waals surface area contributed by atoms with Crippen LogP contribution in [-0.2, 0) is 11.3 Å². The fourth-order valence-electron chi connectivity index (χ4n) is 3.08. The van der Waals surface area contributed by atoms with Gasteiger partial charge in [0.2, 0.25) is 0 Å². The molecule has 0 spiro atoms. The fraction of sp³-hybridized carbons (Fsp3) is 0.455. The number of benzene rings is 1. The van der Waals surface area contributed by atoms with Gasteiger partial charge in [0.05, 0.1) is 0 Å². The molecule has 2 N–H and O–H groups in total. The van der Waals surface area contributed by atoms with Crippen LogP contribution in [0.4, 0.5) is 4.39 Å². The van der Waals surface area contributed by atoms with Gasteiger partial charge < -0.3 is 10.6 Å². The molecule has 1 aliphatic rings. The highest BCUT2D eigenvalue weighted by Crippen LogP contribution is 2.36. The second-order valence-electron chi connectivity index (χ2n) is 7.62. The van der Waals surface area contributed by atoms with Crippen molar-refractivity contribution in [1.82, 2.24) is 10.6 Å². The minimum Gasteiger partial charge on any atom is -0.365 e. The number of carbonyl (C=O) groups is 1. The summed E-state index contributed by atoms with van der Waals surface area (Å²) < 4.78 is 14.1. The molecule has 0 atom stereocenters. The molecule has 0 saturated heterocycles. The molecule has 27 heavy (non-hydrogen) atoms. The van der Waals surface area contributed by atoms with E-state index < -0.39 is 0 Å². The smallest absolute Gasteiger partial charge is 0.251 e. The standard InChI is InChI=1S/C22H30FN3O/c1-7-16(20(24-6)26-22(5)11-12-22)19(14(2)3)21(27)25-13-17-15(4)9-8-10-18(17)23/h8-10,26H,6-7,11-13H2,1-5H3,(H,25,27)/b20-16-. The van der Waals surface area contributed by atoms with Crippen molar-refractivity contribution in [2.75, 3.05) is 0 Å². The SMILES string of the molecule is C=N/C(NC1(C)CC1)=C(\CC)C(C(=O)NCc1c(C)cccc1F)=C(C)C. The summed E-state index contributed by atoms with van der Waals surface area (Å²) in [5, 5.41) is 6.30. The van der Waals surface area contributed by atoms with Crippen molar-refractivity contribution in [3.05, 3.63) is 57.7 Å². The van der Waals surface area contributed by atoms with Crippen LogP contribution in [0.2, 0.25) is 0 Å². The number of nitrogens with one attached hydrogen (secondary N) is 2. The summed E-state index contributed by atoms with van der Waals surface area (Å²) in [5.74, 6) is 0.126. The van der Waals surface area contributed by atoms with E-state index in [0.717, 1.165) is 29.6 Å². The number of amides is 1. The number of carbonyl (C=O) groups excluding carboxylic acids is 1. The second-order valence-corrected chi connectivity index (χ2v) is 7.62. The molecular weight excluding hydrogens is 341 g/mol. The van der Waals surface area contributed by atoms with Gasteiger partial charge in [0.25, 0.3) is 5.91 Å². The first kappa shape index (κ1) is 20.9. The lowest BCUT2D eigenvalue weighted by Crippen LogP contribution is -2.31. The van der Waals surface area contributed by atoms with Crippen LogP contribution >= 0.6 is 0 Å². The Balaban J connectivity index is 2.28. The lowest BCUT2D eigenvalue weighted by atomic mass is 9.97. The zero-order valence-electron chi connectivity index (χ0n) is 17.0. The van der Waals surface area contributed by atoms with E-state index >= 15 is 0 Å². The third kappa shape index (κ3) is 5.06. The molecule has 4 nitrogen and oxygen atoms in total. The zero-order valence-corrected chi connectivity index (χ0v) is 17.0. The van der Waals surface area contributed by atoms with Gasteiger partial charge in [-0.25, -0.2) is 9.38 Å². The molecule has 1 aromatic carbocycles. The monoisotopic (exact) mass is 371 g/mol. The van der Waals surface area contributed by atoms with E-state index in [4.69, 9.17) is 0 Å². The van der Waals surface area contributed by atoms with Gasteiger partial charge >= 0.3 is 0 Å². The van der Waals surface area contributed by atoms with Crippen LogP contribution in [0.3, 0.4) is 0 Å². The molecule has 0 unspecified atom stereocenters. The maximum Gasteiger partial charge on any atom is 0.251 e. The first-order valence-electron chi connectivity index (χ1n) is 9.40. The fourth-order valence-corrected chi connectivity index (χ4v) is 3.08. The van der Waals surface area contributed by atoms with Crippen LogP contribution in [0, 0.1) is 12.7 Å². The summed E-state index contributed by atoms with van der Waals surface area (Å²) >= 11 is 0. The molecule has 146 valence electrons. The topological polar surface area (TPSA) is 53.5 Å². The Kier molecular flexibility index (Phi) is 6.58. The number of nitrogens with zero attached hydrogens (tertiary/aromatic N) is 1. The molecule has 0 aliphatic heterocycles. The van der Waals surface area contributed by atoms with Crippen LogP contribution < -0.4 is 10.6 Å². The third-order valence-electron chi connectivity index (χ3n) is 5.03. The maximum atomic E-state index is 14.1. The predicted octanol–water partition coefficient (Wildman–Crippen LogP) is 4.55. The van der Waals surface area contributed by atoms with Gasteiger partial charge in [-0.3, -0.25) is 4.79 Å². The van der Waals surface area contributed by atoms with Crippen LogP contribution in [0.15, 0.2) is 45.7 Å². The minimum atomic E-state index is -0.308. The molecule has 2 rings (SSSR count). The summed E-state index contributed by atoms with van der Waals surface area (Å²) in [7, 11) is 0. The van der Waals surface area contributed by atoms with Gasteiger partial charge in [-0.05, 0) is 65.3 Å². The minimum absolute atomic E-state index is 0.0322. The van der Waals surface area contributed by atoms with Crippen LogP contribution in [0.1, 0.15) is 58.1 Å². The molecule has 1 amide bonds. The Labute approximate surface area is 161 Å². The maximum absolute atomic E-state index is 14.1. The number of rotatable bonds is 8. The highest BCUT2D eigenvalue weighted by Gasteiger charge is 2.38. The molecule has 1 saturated carbocycles. The number of aliphatic imine (C=N–C) groups is 1. The normalized spacial score (nSPS) is 15.5. The zero-order chi connectivity index (χ0) is 20.2. The first-order valence-corrected chi connectivity index (χ1v) is 9.40. The van der Waals surface area contributed by atoms with Crippen molar-refractivity contribution in [3.63, 3.8) is 0 Å². The predicted molar refractivity (Wildman–Crippen MR) is 109 cm³/mol. The van der Waals surface area contributed by atoms with E-state index in [-0.39, 0.29) is 23.8 Å². The largest absolute Gasteiger partial charge is 0.365 e. The second kappa shape index (κ2) is 8.51. The summed E-state index contributed by atoms with van der Waals surface area (Å²) in [6.45, 7) is 13.6. The third-order valence-corrected chi connectivity index (χ3v) is 5.03. The van der Waals surface area contributed by atoms with E-state index in [1.54, 1.807) is 6.07 Å². The summed E-state index contributed by atoms with van der Waals surface area (Å²) in [5.41, 5.74) is 3.67.